The number of rotatable bonds is 6. The molecule has 3 heterocycles. The van der Waals surface area contributed by atoms with E-state index in [0.717, 1.165) is 28.0 Å². The third-order valence-electron chi connectivity index (χ3n) is 5.15. The van der Waals surface area contributed by atoms with E-state index in [2.05, 4.69) is 10.1 Å². The number of pyridine rings is 1. The molecule has 4 rings (SSSR count). The predicted molar refractivity (Wildman–Crippen MR) is 112 cm³/mol. The molecule has 1 aromatic carbocycles. The molecule has 0 saturated carbocycles. The first kappa shape index (κ1) is 20.0. The molecule has 0 N–H and O–H groups in total. The molecule has 30 heavy (non-hydrogen) atoms. The van der Waals surface area contributed by atoms with E-state index in [-0.39, 0.29) is 18.6 Å². The van der Waals surface area contributed by atoms with Crippen LogP contribution in [-0.2, 0) is 11.8 Å². The van der Waals surface area contributed by atoms with Crippen molar-refractivity contribution in [1.82, 2.24) is 19.7 Å². The number of hydrogen-bond donors (Lipinski definition) is 0. The van der Waals surface area contributed by atoms with Crippen LogP contribution in [0.2, 0.25) is 0 Å². The van der Waals surface area contributed by atoms with Crippen LogP contribution < -0.4 is 14.2 Å². The molecule has 0 bridgehead atoms. The van der Waals surface area contributed by atoms with Gasteiger partial charge in [-0.3, -0.25) is 4.79 Å². The fraction of sp³-hybridized carbons (Fsp3) is 0.409. The molecule has 158 valence electrons. The summed E-state index contributed by atoms with van der Waals surface area (Å²) >= 11 is 0. The van der Waals surface area contributed by atoms with Crippen molar-refractivity contribution < 1.29 is 19.0 Å². The lowest BCUT2D eigenvalue weighted by Crippen LogP contribution is -2.45. The molecule has 8 nitrogen and oxygen atoms in total. The average molecular weight is 410 g/mol. The highest BCUT2D eigenvalue weighted by Gasteiger charge is 2.25. The average Bonchev–Trinajstić information content (AvgIpc) is 3.05. The van der Waals surface area contributed by atoms with Gasteiger partial charge in [0.25, 0.3) is 5.91 Å². The maximum absolute atomic E-state index is 12.8. The van der Waals surface area contributed by atoms with Crippen molar-refractivity contribution in [3.05, 3.63) is 41.6 Å². The Morgan fingerprint density at radius 3 is 2.83 bits per heavy atom. The first-order valence-electron chi connectivity index (χ1n) is 10.1. The number of carbonyl (C=O) groups is 1. The minimum Gasteiger partial charge on any atom is -0.486 e. The zero-order valence-corrected chi connectivity index (χ0v) is 17.7. The van der Waals surface area contributed by atoms with E-state index < -0.39 is 0 Å². The standard InChI is InChI=1S/C22H26N4O4/c1-5-26(11-16-12-28-17-8-6-7-9-18(17)30-16)19(27)13-29-22-20-14(2)10-15(3)23-21(20)25(4)24-22/h6-10,16H,5,11-13H2,1-4H3. The van der Waals surface area contributed by atoms with Crippen molar-refractivity contribution in [3.8, 4) is 17.4 Å². The summed E-state index contributed by atoms with van der Waals surface area (Å²) < 4.78 is 19.2. The minimum atomic E-state index is -0.228. The normalized spacial score (nSPS) is 15.3. The van der Waals surface area contributed by atoms with Gasteiger partial charge < -0.3 is 19.1 Å². The summed E-state index contributed by atoms with van der Waals surface area (Å²) in [6.07, 6.45) is -0.228. The monoisotopic (exact) mass is 410 g/mol. The number of benzene rings is 1. The van der Waals surface area contributed by atoms with Crippen LogP contribution in [0.1, 0.15) is 18.2 Å². The topological polar surface area (TPSA) is 78.7 Å². The molecule has 2 aromatic heterocycles. The molecule has 1 atom stereocenters. The van der Waals surface area contributed by atoms with Crippen LogP contribution in [-0.4, -0.2) is 58.0 Å². The lowest BCUT2D eigenvalue weighted by atomic mass is 10.2. The number of ether oxygens (including phenoxy) is 3. The van der Waals surface area contributed by atoms with Gasteiger partial charge in [-0.2, -0.15) is 0 Å². The number of hydrogen-bond acceptors (Lipinski definition) is 6. The van der Waals surface area contributed by atoms with E-state index in [4.69, 9.17) is 14.2 Å². The first-order chi connectivity index (χ1) is 14.5. The maximum atomic E-state index is 12.8. The zero-order chi connectivity index (χ0) is 21.3. The van der Waals surface area contributed by atoms with Crippen LogP contribution in [0, 0.1) is 13.8 Å². The summed E-state index contributed by atoms with van der Waals surface area (Å²) in [5, 5.41) is 5.24. The van der Waals surface area contributed by atoms with Crippen molar-refractivity contribution in [2.24, 2.45) is 7.05 Å². The van der Waals surface area contributed by atoms with E-state index in [9.17, 15) is 4.79 Å². The lowest BCUT2D eigenvalue weighted by molar-refractivity contribution is -0.134. The van der Waals surface area contributed by atoms with Crippen molar-refractivity contribution in [3.63, 3.8) is 0 Å². The second-order valence-electron chi connectivity index (χ2n) is 7.43. The quantitative estimate of drug-likeness (QED) is 0.622. The van der Waals surface area contributed by atoms with Crippen LogP contribution in [0.4, 0.5) is 0 Å². The van der Waals surface area contributed by atoms with Crippen molar-refractivity contribution in [2.75, 3.05) is 26.3 Å². The molecule has 8 heteroatoms. The Morgan fingerprint density at radius 1 is 1.30 bits per heavy atom. The second kappa shape index (κ2) is 8.22. The van der Waals surface area contributed by atoms with Crippen LogP contribution in [0.25, 0.3) is 11.0 Å². The Balaban J connectivity index is 1.41. The van der Waals surface area contributed by atoms with Gasteiger partial charge in [-0.15, -0.1) is 5.10 Å². The van der Waals surface area contributed by atoms with Crippen molar-refractivity contribution in [1.29, 1.82) is 0 Å². The summed E-state index contributed by atoms with van der Waals surface area (Å²) in [5.74, 6) is 1.73. The molecule has 0 fully saturated rings. The number of carbonyl (C=O) groups excluding carboxylic acids is 1. The highest BCUT2D eigenvalue weighted by Crippen LogP contribution is 2.31. The highest BCUT2D eigenvalue weighted by atomic mass is 16.6. The number of fused-ring (bicyclic) bond motifs is 2. The van der Waals surface area contributed by atoms with Gasteiger partial charge in [-0.1, -0.05) is 12.1 Å². The van der Waals surface area contributed by atoms with Crippen molar-refractivity contribution in [2.45, 2.75) is 26.9 Å². The predicted octanol–water partition coefficient (Wildman–Crippen LogP) is 2.65. The van der Waals surface area contributed by atoms with E-state index in [1.54, 1.807) is 9.58 Å². The van der Waals surface area contributed by atoms with Gasteiger partial charge >= 0.3 is 0 Å². The van der Waals surface area contributed by atoms with Gasteiger partial charge in [0.2, 0.25) is 5.88 Å². The fourth-order valence-electron chi connectivity index (χ4n) is 3.68. The van der Waals surface area contributed by atoms with Gasteiger partial charge in [0.1, 0.15) is 6.61 Å². The summed E-state index contributed by atoms with van der Waals surface area (Å²) in [4.78, 5) is 19.0. The van der Waals surface area contributed by atoms with Gasteiger partial charge in [0.15, 0.2) is 29.9 Å². The number of amides is 1. The summed E-state index contributed by atoms with van der Waals surface area (Å²) in [5.41, 5.74) is 2.68. The summed E-state index contributed by atoms with van der Waals surface area (Å²) in [7, 11) is 1.82. The van der Waals surface area contributed by atoms with E-state index in [1.807, 2.05) is 58.2 Å². The molecule has 1 aliphatic rings. The Labute approximate surface area is 175 Å². The van der Waals surface area contributed by atoms with Crippen LogP contribution in [0.3, 0.4) is 0 Å². The van der Waals surface area contributed by atoms with Crippen molar-refractivity contribution >= 4 is 16.9 Å². The number of aromatic nitrogens is 3. The maximum Gasteiger partial charge on any atom is 0.260 e. The molecule has 0 radical (unpaired) electrons. The molecular formula is C22H26N4O4. The van der Waals surface area contributed by atoms with Gasteiger partial charge in [0, 0.05) is 19.3 Å². The molecular weight excluding hydrogens is 384 g/mol. The van der Waals surface area contributed by atoms with Crippen LogP contribution in [0.15, 0.2) is 30.3 Å². The summed E-state index contributed by atoms with van der Waals surface area (Å²) in [6.45, 7) is 7.14. The molecule has 0 saturated heterocycles. The Kier molecular flexibility index (Phi) is 5.48. The number of para-hydroxylation sites is 2. The molecule has 1 unspecified atom stereocenters. The van der Waals surface area contributed by atoms with Crippen LogP contribution >= 0.6 is 0 Å². The minimum absolute atomic E-state index is 0.0998. The molecule has 3 aromatic rings. The van der Waals surface area contributed by atoms with Gasteiger partial charge in [-0.05, 0) is 44.5 Å². The summed E-state index contributed by atoms with van der Waals surface area (Å²) in [6, 6.07) is 9.53. The van der Waals surface area contributed by atoms with E-state index in [1.165, 1.54) is 0 Å². The first-order valence-corrected chi connectivity index (χ1v) is 10.1. The van der Waals surface area contributed by atoms with Gasteiger partial charge in [0.05, 0.1) is 11.9 Å². The highest BCUT2D eigenvalue weighted by molar-refractivity contribution is 5.85. The van der Waals surface area contributed by atoms with E-state index in [0.29, 0.717) is 31.3 Å². The largest absolute Gasteiger partial charge is 0.486 e. The zero-order valence-electron chi connectivity index (χ0n) is 17.7. The smallest absolute Gasteiger partial charge is 0.260 e. The van der Waals surface area contributed by atoms with Crippen LogP contribution in [0.5, 0.6) is 17.4 Å². The Morgan fingerprint density at radius 2 is 2.07 bits per heavy atom. The number of likely N-dealkylation sites (N-methyl/N-ethyl adjacent to an activating group) is 1. The number of aryl methyl sites for hydroxylation is 3. The van der Waals surface area contributed by atoms with E-state index >= 15 is 0 Å². The van der Waals surface area contributed by atoms with Gasteiger partial charge in [-0.25, -0.2) is 9.67 Å². The lowest BCUT2D eigenvalue weighted by Gasteiger charge is -2.30. The molecule has 0 aliphatic carbocycles. The molecule has 1 aliphatic heterocycles. The Hall–Kier alpha value is -3.29. The third kappa shape index (κ3) is 3.90. The molecule has 1 amide bonds. The SMILES string of the molecule is CCN(CC1COc2ccccc2O1)C(=O)COc1nn(C)c2nc(C)cc(C)c12. The third-order valence-corrected chi connectivity index (χ3v) is 5.15. The second-order valence-corrected chi connectivity index (χ2v) is 7.43. The Bertz CT molecular complexity index is 1080. The number of nitrogens with zero attached hydrogens (tertiary/aromatic N) is 4. The fourth-order valence-corrected chi connectivity index (χ4v) is 3.68. The molecule has 0 spiro atoms.